The first-order valence-electron chi connectivity index (χ1n) is 6.53. The number of alkyl halides is 2. The highest BCUT2D eigenvalue weighted by Crippen LogP contribution is 2.39. The SMILES string of the molecule is O=C(O)CC1CC2CCC(C1)N2C(=O)NCC(F)F. The van der Waals surface area contributed by atoms with E-state index in [1.54, 1.807) is 4.90 Å². The molecule has 19 heavy (non-hydrogen) atoms. The van der Waals surface area contributed by atoms with Crippen molar-refractivity contribution in [2.75, 3.05) is 6.54 Å². The Labute approximate surface area is 109 Å². The number of nitrogens with zero attached hydrogens (tertiary/aromatic N) is 1. The number of amides is 2. The van der Waals surface area contributed by atoms with Crippen molar-refractivity contribution in [2.24, 2.45) is 5.92 Å². The molecule has 0 aromatic carbocycles. The molecule has 0 aliphatic carbocycles. The Morgan fingerprint density at radius 2 is 1.84 bits per heavy atom. The summed E-state index contributed by atoms with van der Waals surface area (Å²) in [4.78, 5) is 24.2. The van der Waals surface area contributed by atoms with Gasteiger partial charge in [-0.15, -0.1) is 0 Å². The summed E-state index contributed by atoms with van der Waals surface area (Å²) in [6.07, 6.45) is 0.562. The van der Waals surface area contributed by atoms with Crippen LogP contribution in [0.3, 0.4) is 0 Å². The number of halogens is 2. The number of fused-ring (bicyclic) bond motifs is 2. The third-order valence-electron chi connectivity index (χ3n) is 3.94. The second-order valence-electron chi connectivity index (χ2n) is 5.30. The van der Waals surface area contributed by atoms with Gasteiger partial charge in [0.05, 0.1) is 6.54 Å². The number of carbonyl (C=O) groups excluding carboxylic acids is 1. The zero-order valence-corrected chi connectivity index (χ0v) is 10.5. The van der Waals surface area contributed by atoms with Crippen molar-refractivity contribution in [3.8, 4) is 0 Å². The lowest BCUT2D eigenvalue weighted by Crippen LogP contribution is -2.51. The van der Waals surface area contributed by atoms with E-state index in [2.05, 4.69) is 5.32 Å². The van der Waals surface area contributed by atoms with E-state index in [9.17, 15) is 18.4 Å². The summed E-state index contributed by atoms with van der Waals surface area (Å²) >= 11 is 0. The average Bonchev–Trinajstić information content (AvgIpc) is 2.57. The maximum Gasteiger partial charge on any atom is 0.318 e. The predicted octanol–water partition coefficient (Wildman–Crippen LogP) is 1.68. The minimum atomic E-state index is -2.55. The molecule has 2 rings (SSSR count). The van der Waals surface area contributed by atoms with E-state index in [1.807, 2.05) is 0 Å². The standard InChI is InChI=1S/C12H18F2N2O3/c13-10(14)6-15-12(19)16-8-1-2-9(16)4-7(3-8)5-11(17)18/h7-10H,1-6H2,(H,15,19)(H,17,18). The van der Waals surface area contributed by atoms with E-state index in [0.717, 1.165) is 12.8 Å². The lowest BCUT2D eigenvalue weighted by molar-refractivity contribution is -0.138. The summed E-state index contributed by atoms with van der Waals surface area (Å²) in [5.74, 6) is -0.728. The van der Waals surface area contributed by atoms with Crippen LogP contribution in [0.4, 0.5) is 13.6 Å². The Bertz CT molecular complexity index is 351. The zero-order valence-electron chi connectivity index (χ0n) is 10.5. The summed E-state index contributed by atoms with van der Waals surface area (Å²) in [6, 6.07) is -0.442. The number of hydrogen-bond acceptors (Lipinski definition) is 2. The molecule has 0 spiro atoms. The zero-order chi connectivity index (χ0) is 14.0. The summed E-state index contributed by atoms with van der Waals surface area (Å²) in [5, 5.41) is 11.0. The fraction of sp³-hybridized carbons (Fsp3) is 0.833. The van der Waals surface area contributed by atoms with Gasteiger partial charge in [0, 0.05) is 18.5 Å². The van der Waals surface area contributed by atoms with Gasteiger partial charge in [0.25, 0.3) is 6.43 Å². The van der Waals surface area contributed by atoms with Crippen molar-refractivity contribution in [3.63, 3.8) is 0 Å². The van der Waals surface area contributed by atoms with Crippen LogP contribution in [0, 0.1) is 5.92 Å². The first-order chi connectivity index (χ1) is 8.97. The monoisotopic (exact) mass is 276 g/mol. The Hall–Kier alpha value is -1.40. The van der Waals surface area contributed by atoms with Gasteiger partial charge in [0.15, 0.2) is 0 Å². The van der Waals surface area contributed by atoms with Gasteiger partial charge >= 0.3 is 12.0 Å². The van der Waals surface area contributed by atoms with Crippen LogP contribution in [0.25, 0.3) is 0 Å². The van der Waals surface area contributed by atoms with Crippen LogP contribution in [0.2, 0.25) is 0 Å². The highest BCUT2D eigenvalue weighted by molar-refractivity contribution is 5.75. The lowest BCUT2D eigenvalue weighted by atomic mass is 9.88. The van der Waals surface area contributed by atoms with Crippen LogP contribution < -0.4 is 5.32 Å². The minimum Gasteiger partial charge on any atom is -0.481 e. The lowest BCUT2D eigenvalue weighted by Gasteiger charge is -2.38. The van der Waals surface area contributed by atoms with E-state index in [0.29, 0.717) is 12.8 Å². The number of piperidine rings is 1. The van der Waals surface area contributed by atoms with Gasteiger partial charge < -0.3 is 15.3 Å². The largest absolute Gasteiger partial charge is 0.481 e. The van der Waals surface area contributed by atoms with E-state index in [-0.39, 0.29) is 24.4 Å². The molecule has 5 nitrogen and oxygen atoms in total. The highest BCUT2D eigenvalue weighted by Gasteiger charge is 2.43. The molecule has 2 aliphatic heterocycles. The molecule has 2 amide bonds. The van der Waals surface area contributed by atoms with Crippen LogP contribution in [0.5, 0.6) is 0 Å². The van der Waals surface area contributed by atoms with Crippen LogP contribution in [0.15, 0.2) is 0 Å². The fourth-order valence-corrected chi connectivity index (χ4v) is 3.29. The fourth-order valence-electron chi connectivity index (χ4n) is 3.29. The van der Waals surface area contributed by atoms with Crippen LogP contribution in [-0.4, -0.2) is 47.1 Å². The molecule has 2 bridgehead atoms. The van der Waals surface area contributed by atoms with E-state index >= 15 is 0 Å². The van der Waals surface area contributed by atoms with Crippen molar-refractivity contribution < 1.29 is 23.5 Å². The first kappa shape index (κ1) is 14.0. The molecule has 2 saturated heterocycles. The van der Waals surface area contributed by atoms with Crippen molar-refractivity contribution in [1.82, 2.24) is 10.2 Å². The van der Waals surface area contributed by atoms with Crippen molar-refractivity contribution >= 4 is 12.0 Å². The predicted molar refractivity (Wildman–Crippen MR) is 63.0 cm³/mol. The Kier molecular flexibility index (Phi) is 4.21. The molecule has 2 fully saturated rings. The molecular formula is C12H18F2N2O3. The molecular weight excluding hydrogens is 258 g/mol. The van der Waals surface area contributed by atoms with Gasteiger partial charge in [-0.2, -0.15) is 0 Å². The van der Waals surface area contributed by atoms with Gasteiger partial charge in [-0.1, -0.05) is 0 Å². The molecule has 2 unspecified atom stereocenters. The molecule has 0 aromatic rings. The second kappa shape index (κ2) is 5.71. The minimum absolute atomic E-state index is 0.000715. The van der Waals surface area contributed by atoms with E-state index < -0.39 is 25.0 Å². The number of aliphatic carboxylic acids is 1. The number of carbonyl (C=O) groups is 2. The van der Waals surface area contributed by atoms with Crippen LogP contribution in [0.1, 0.15) is 32.1 Å². The maximum absolute atomic E-state index is 12.1. The first-order valence-corrected chi connectivity index (χ1v) is 6.53. The molecule has 0 aromatic heterocycles. The number of rotatable bonds is 4. The maximum atomic E-state index is 12.1. The smallest absolute Gasteiger partial charge is 0.318 e. The summed E-state index contributed by atoms with van der Waals surface area (Å²) in [5.41, 5.74) is 0. The van der Waals surface area contributed by atoms with Gasteiger partial charge in [-0.25, -0.2) is 13.6 Å². The average molecular weight is 276 g/mol. The topological polar surface area (TPSA) is 69.6 Å². The summed E-state index contributed by atoms with van der Waals surface area (Å²) in [7, 11) is 0. The van der Waals surface area contributed by atoms with Gasteiger partial charge in [0.1, 0.15) is 0 Å². The molecule has 2 atom stereocenters. The number of nitrogens with one attached hydrogen (secondary N) is 1. The molecule has 0 radical (unpaired) electrons. The molecule has 108 valence electrons. The van der Waals surface area contributed by atoms with Crippen LogP contribution >= 0.6 is 0 Å². The normalized spacial score (nSPS) is 29.6. The molecule has 2 N–H and O–H groups in total. The summed E-state index contributed by atoms with van der Waals surface area (Å²) < 4.78 is 24.2. The Morgan fingerprint density at radius 3 is 2.32 bits per heavy atom. The number of carboxylic acid groups (broad SMARTS) is 1. The van der Waals surface area contributed by atoms with Gasteiger partial charge in [-0.3, -0.25) is 4.79 Å². The van der Waals surface area contributed by atoms with Crippen molar-refractivity contribution in [2.45, 2.75) is 50.6 Å². The molecule has 2 heterocycles. The molecule has 7 heteroatoms. The van der Waals surface area contributed by atoms with Gasteiger partial charge in [0.2, 0.25) is 0 Å². The quantitative estimate of drug-likeness (QED) is 0.820. The molecule has 0 saturated carbocycles. The van der Waals surface area contributed by atoms with E-state index in [4.69, 9.17) is 5.11 Å². The number of urea groups is 1. The van der Waals surface area contributed by atoms with Crippen molar-refractivity contribution in [1.29, 1.82) is 0 Å². The third kappa shape index (κ3) is 3.33. The molecule has 2 aliphatic rings. The van der Waals surface area contributed by atoms with Crippen molar-refractivity contribution in [3.05, 3.63) is 0 Å². The number of hydrogen-bond donors (Lipinski definition) is 2. The Balaban J connectivity index is 1.91. The van der Waals surface area contributed by atoms with E-state index in [1.165, 1.54) is 0 Å². The van der Waals surface area contributed by atoms with Crippen LogP contribution in [-0.2, 0) is 4.79 Å². The second-order valence-corrected chi connectivity index (χ2v) is 5.30. The van der Waals surface area contributed by atoms with Gasteiger partial charge in [-0.05, 0) is 31.6 Å². The Morgan fingerprint density at radius 1 is 1.26 bits per heavy atom. The number of carboxylic acids is 1. The summed E-state index contributed by atoms with van der Waals surface area (Å²) in [6.45, 7) is -0.632. The third-order valence-corrected chi connectivity index (χ3v) is 3.94. The highest BCUT2D eigenvalue weighted by atomic mass is 19.3.